The van der Waals surface area contributed by atoms with E-state index in [1.807, 2.05) is 0 Å². The minimum absolute atomic E-state index is 0.0266. The molecule has 2 rings (SSSR count). The maximum atomic E-state index is 14.0. The van der Waals surface area contributed by atoms with E-state index in [0.29, 0.717) is 4.47 Å². The highest BCUT2D eigenvalue weighted by Crippen LogP contribution is 2.24. The molecule has 0 N–H and O–H groups in total. The van der Waals surface area contributed by atoms with Gasteiger partial charge < -0.3 is 4.74 Å². The molecule has 0 aliphatic carbocycles. The first-order chi connectivity index (χ1) is 9.02. The van der Waals surface area contributed by atoms with Gasteiger partial charge in [-0.05, 0) is 30.3 Å². The lowest BCUT2D eigenvalue weighted by atomic mass is 10.0. The number of benzene rings is 2. The number of hydrogen-bond donors (Lipinski definition) is 0. The number of carbonyl (C=O) groups excluding carboxylic acids is 1. The lowest BCUT2D eigenvalue weighted by molar-refractivity contribution is 0.103. The van der Waals surface area contributed by atoms with Gasteiger partial charge in [0.1, 0.15) is 5.82 Å². The van der Waals surface area contributed by atoms with E-state index in [1.165, 1.54) is 37.4 Å². The maximum Gasteiger partial charge on any atom is 0.196 e. The zero-order valence-electron chi connectivity index (χ0n) is 9.91. The Kier molecular flexibility index (Phi) is 3.95. The third kappa shape index (κ3) is 2.81. The second kappa shape index (κ2) is 5.48. The molecule has 0 fully saturated rings. The van der Waals surface area contributed by atoms with Gasteiger partial charge in [0.05, 0.1) is 12.7 Å². The highest BCUT2D eigenvalue weighted by atomic mass is 79.9. The molecule has 0 saturated carbocycles. The average molecular weight is 327 g/mol. The van der Waals surface area contributed by atoms with Crippen molar-refractivity contribution in [3.8, 4) is 5.75 Å². The van der Waals surface area contributed by atoms with E-state index in [1.54, 1.807) is 0 Å². The van der Waals surface area contributed by atoms with Crippen LogP contribution in [-0.4, -0.2) is 12.9 Å². The standard InChI is InChI=1S/C14H9BrF2O2/c1-19-12-4-2-3-11(13(12)17)14(18)8-5-9(15)7-10(16)6-8/h2-7H,1H3. The molecule has 0 aliphatic heterocycles. The number of ether oxygens (including phenoxy) is 1. The molecule has 0 heterocycles. The normalized spacial score (nSPS) is 10.3. The molecule has 0 unspecified atom stereocenters. The van der Waals surface area contributed by atoms with Crippen molar-refractivity contribution in [2.24, 2.45) is 0 Å². The van der Waals surface area contributed by atoms with Crippen molar-refractivity contribution in [3.05, 3.63) is 63.6 Å². The summed E-state index contributed by atoms with van der Waals surface area (Å²) in [5, 5.41) is 0. The van der Waals surface area contributed by atoms with Crippen LogP contribution in [0.1, 0.15) is 15.9 Å². The summed E-state index contributed by atoms with van der Waals surface area (Å²) in [5.74, 6) is -1.95. The van der Waals surface area contributed by atoms with Gasteiger partial charge in [-0.2, -0.15) is 0 Å². The zero-order chi connectivity index (χ0) is 14.0. The Balaban J connectivity index is 2.50. The van der Waals surface area contributed by atoms with Crippen molar-refractivity contribution < 1.29 is 18.3 Å². The fourth-order valence-corrected chi connectivity index (χ4v) is 2.15. The molecule has 0 atom stereocenters. The Bertz CT molecular complexity index is 621. The zero-order valence-corrected chi connectivity index (χ0v) is 11.5. The first-order valence-corrected chi connectivity index (χ1v) is 6.15. The molecule has 5 heteroatoms. The van der Waals surface area contributed by atoms with Crippen molar-refractivity contribution in [3.63, 3.8) is 0 Å². The van der Waals surface area contributed by atoms with Gasteiger partial charge in [0.25, 0.3) is 0 Å². The van der Waals surface area contributed by atoms with Gasteiger partial charge in [-0.1, -0.05) is 22.0 Å². The lowest BCUT2D eigenvalue weighted by Gasteiger charge is -2.07. The predicted octanol–water partition coefficient (Wildman–Crippen LogP) is 3.97. The van der Waals surface area contributed by atoms with Crippen LogP contribution in [0.2, 0.25) is 0 Å². The summed E-state index contributed by atoms with van der Waals surface area (Å²) in [4.78, 5) is 12.2. The van der Waals surface area contributed by atoms with Crippen molar-refractivity contribution in [1.82, 2.24) is 0 Å². The molecule has 0 radical (unpaired) electrons. The van der Waals surface area contributed by atoms with Crippen LogP contribution in [0.25, 0.3) is 0 Å². The van der Waals surface area contributed by atoms with Crippen LogP contribution in [0, 0.1) is 11.6 Å². The van der Waals surface area contributed by atoms with Crippen LogP contribution >= 0.6 is 15.9 Å². The summed E-state index contributed by atoms with van der Waals surface area (Å²) in [6.07, 6.45) is 0. The summed E-state index contributed by atoms with van der Waals surface area (Å²) < 4.78 is 32.4. The van der Waals surface area contributed by atoms with Crippen LogP contribution < -0.4 is 4.74 Å². The smallest absolute Gasteiger partial charge is 0.196 e. The van der Waals surface area contributed by atoms with Gasteiger partial charge in [-0.25, -0.2) is 8.78 Å². The average Bonchev–Trinajstić information content (AvgIpc) is 2.37. The molecule has 2 aromatic carbocycles. The summed E-state index contributed by atoms with van der Waals surface area (Å²) >= 11 is 3.09. The number of ketones is 1. The second-order valence-electron chi connectivity index (χ2n) is 3.81. The molecule has 0 spiro atoms. The van der Waals surface area contributed by atoms with Gasteiger partial charge >= 0.3 is 0 Å². The Hall–Kier alpha value is -1.75. The molecular formula is C14H9BrF2O2. The van der Waals surface area contributed by atoms with Crippen molar-refractivity contribution >= 4 is 21.7 Å². The summed E-state index contributed by atoms with van der Waals surface area (Å²) in [5.41, 5.74) is -0.0871. The van der Waals surface area contributed by atoms with Gasteiger partial charge in [0.2, 0.25) is 0 Å². The number of methoxy groups -OCH3 is 1. The fraction of sp³-hybridized carbons (Fsp3) is 0.0714. The molecule has 0 saturated heterocycles. The monoisotopic (exact) mass is 326 g/mol. The molecular weight excluding hydrogens is 318 g/mol. The number of halogens is 3. The number of hydrogen-bond acceptors (Lipinski definition) is 2. The Labute approximate surface area is 117 Å². The molecule has 0 aliphatic rings. The summed E-state index contributed by atoms with van der Waals surface area (Å²) in [6.45, 7) is 0. The molecule has 0 aromatic heterocycles. The lowest BCUT2D eigenvalue weighted by Crippen LogP contribution is -2.06. The largest absolute Gasteiger partial charge is 0.494 e. The summed E-state index contributed by atoms with van der Waals surface area (Å²) in [6, 6.07) is 7.96. The van der Waals surface area contributed by atoms with E-state index < -0.39 is 17.4 Å². The van der Waals surface area contributed by atoms with Gasteiger partial charge in [0.15, 0.2) is 17.3 Å². The molecule has 0 bridgehead atoms. The van der Waals surface area contributed by atoms with Crippen LogP contribution in [0.15, 0.2) is 40.9 Å². The van der Waals surface area contributed by atoms with Crippen molar-refractivity contribution in [1.29, 1.82) is 0 Å². The van der Waals surface area contributed by atoms with E-state index in [0.717, 1.165) is 6.07 Å². The first-order valence-electron chi connectivity index (χ1n) is 5.36. The minimum atomic E-state index is -0.754. The Morgan fingerprint density at radius 2 is 1.95 bits per heavy atom. The highest BCUT2D eigenvalue weighted by molar-refractivity contribution is 9.10. The second-order valence-corrected chi connectivity index (χ2v) is 4.72. The Morgan fingerprint density at radius 3 is 2.58 bits per heavy atom. The van der Waals surface area contributed by atoms with E-state index in [9.17, 15) is 13.6 Å². The number of rotatable bonds is 3. The predicted molar refractivity (Wildman–Crippen MR) is 70.5 cm³/mol. The third-order valence-corrected chi connectivity index (χ3v) is 3.01. The molecule has 2 aromatic rings. The van der Waals surface area contributed by atoms with E-state index in [-0.39, 0.29) is 16.9 Å². The van der Waals surface area contributed by atoms with Gasteiger partial charge in [-0.15, -0.1) is 0 Å². The van der Waals surface area contributed by atoms with Crippen LogP contribution in [0.5, 0.6) is 5.75 Å². The third-order valence-electron chi connectivity index (χ3n) is 2.55. The van der Waals surface area contributed by atoms with Crippen molar-refractivity contribution in [2.45, 2.75) is 0 Å². The summed E-state index contributed by atoms with van der Waals surface area (Å²) in [7, 11) is 1.31. The van der Waals surface area contributed by atoms with Crippen LogP contribution in [0.4, 0.5) is 8.78 Å². The van der Waals surface area contributed by atoms with Gasteiger partial charge in [0, 0.05) is 10.0 Å². The maximum absolute atomic E-state index is 14.0. The highest BCUT2D eigenvalue weighted by Gasteiger charge is 2.18. The van der Waals surface area contributed by atoms with E-state index in [4.69, 9.17) is 4.74 Å². The topological polar surface area (TPSA) is 26.3 Å². The number of carbonyl (C=O) groups is 1. The van der Waals surface area contributed by atoms with Gasteiger partial charge in [-0.3, -0.25) is 4.79 Å². The minimum Gasteiger partial charge on any atom is -0.494 e. The molecule has 2 nitrogen and oxygen atoms in total. The SMILES string of the molecule is COc1cccc(C(=O)c2cc(F)cc(Br)c2)c1F. The first kappa shape index (κ1) is 13.7. The van der Waals surface area contributed by atoms with Crippen LogP contribution in [-0.2, 0) is 0 Å². The van der Waals surface area contributed by atoms with Crippen LogP contribution in [0.3, 0.4) is 0 Å². The molecule has 98 valence electrons. The van der Waals surface area contributed by atoms with Crippen molar-refractivity contribution in [2.75, 3.05) is 7.11 Å². The molecule has 0 amide bonds. The quantitative estimate of drug-likeness (QED) is 0.798. The van der Waals surface area contributed by atoms with E-state index >= 15 is 0 Å². The Morgan fingerprint density at radius 1 is 1.21 bits per heavy atom. The van der Waals surface area contributed by atoms with E-state index in [2.05, 4.69) is 15.9 Å². The molecule has 19 heavy (non-hydrogen) atoms. The fourth-order valence-electron chi connectivity index (χ4n) is 1.68.